The van der Waals surface area contributed by atoms with Crippen molar-refractivity contribution in [2.24, 2.45) is 16.7 Å². The van der Waals surface area contributed by atoms with Crippen LogP contribution in [0.2, 0.25) is 0 Å². The van der Waals surface area contributed by atoms with Crippen molar-refractivity contribution in [3.63, 3.8) is 0 Å². The van der Waals surface area contributed by atoms with Gasteiger partial charge in [0, 0.05) is 6.92 Å². The summed E-state index contributed by atoms with van der Waals surface area (Å²) in [4.78, 5) is 23.1. The van der Waals surface area contributed by atoms with E-state index in [-0.39, 0.29) is 29.2 Å². The first-order chi connectivity index (χ1) is 8.66. The third-order valence-electron chi connectivity index (χ3n) is 4.76. The Balaban J connectivity index is 2.38. The molecular weight excluding hydrogens is 240 g/mol. The van der Waals surface area contributed by atoms with Crippen LogP contribution in [0.4, 0.5) is 0 Å². The lowest BCUT2D eigenvalue weighted by molar-refractivity contribution is -0.140. The third-order valence-corrected chi connectivity index (χ3v) is 4.76. The van der Waals surface area contributed by atoms with Gasteiger partial charge in [0.1, 0.15) is 6.61 Å². The van der Waals surface area contributed by atoms with E-state index in [0.717, 1.165) is 30.4 Å². The van der Waals surface area contributed by atoms with Gasteiger partial charge < -0.3 is 4.74 Å². The van der Waals surface area contributed by atoms with Gasteiger partial charge in [-0.15, -0.1) is 0 Å². The Hall–Kier alpha value is -1.12. The number of ketones is 1. The maximum absolute atomic E-state index is 12.0. The molecule has 2 unspecified atom stereocenters. The van der Waals surface area contributed by atoms with Crippen LogP contribution in [0, 0.1) is 16.7 Å². The van der Waals surface area contributed by atoms with Crippen molar-refractivity contribution < 1.29 is 14.3 Å². The minimum atomic E-state index is -0.278. The van der Waals surface area contributed by atoms with E-state index in [4.69, 9.17) is 4.74 Å². The molecule has 1 saturated carbocycles. The first kappa shape index (κ1) is 14.3. The molecule has 0 aliphatic heterocycles. The summed E-state index contributed by atoms with van der Waals surface area (Å²) in [7, 11) is 0. The highest BCUT2D eigenvalue weighted by Gasteiger charge is 2.56. The van der Waals surface area contributed by atoms with Crippen LogP contribution in [0.25, 0.3) is 0 Å². The van der Waals surface area contributed by atoms with Crippen LogP contribution < -0.4 is 0 Å². The molecule has 0 amide bonds. The number of allylic oxidation sites excluding steroid dienone is 1. The number of esters is 1. The minimum absolute atomic E-state index is 0.0736. The number of carbonyl (C=O) groups excluding carboxylic acids is 2. The maximum atomic E-state index is 12.0. The fraction of sp³-hybridized carbons (Fsp3) is 0.750. The molecule has 0 aromatic heterocycles. The van der Waals surface area contributed by atoms with Gasteiger partial charge in [-0.2, -0.15) is 0 Å². The van der Waals surface area contributed by atoms with E-state index in [1.54, 1.807) is 6.92 Å². The summed E-state index contributed by atoms with van der Waals surface area (Å²) in [5.41, 5.74) is 2.20. The van der Waals surface area contributed by atoms with Gasteiger partial charge in [0.25, 0.3) is 0 Å². The Morgan fingerprint density at radius 2 is 1.84 bits per heavy atom. The van der Waals surface area contributed by atoms with Crippen molar-refractivity contribution in [2.45, 2.75) is 53.9 Å². The fourth-order valence-electron chi connectivity index (χ4n) is 3.55. The molecular formula is C16H24O3. The van der Waals surface area contributed by atoms with E-state index in [1.165, 1.54) is 6.92 Å². The highest BCUT2D eigenvalue weighted by atomic mass is 16.5. The number of hydrogen-bond acceptors (Lipinski definition) is 3. The molecule has 106 valence electrons. The van der Waals surface area contributed by atoms with Crippen molar-refractivity contribution >= 4 is 11.8 Å². The van der Waals surface area contributed by atoms with Gasteiger partial charge in [0.15, 0.2) is 5.78 Å². The average molecular weight is 264 g/mol. The molecule has 0 saturated heterocycles. The van der Waals surface area contributed by atoms with Crippen LogP contribution in [0.3, 0.4) is 0 Å². The molecule has 3 heteroatoms. The summed E-state index contributed by atoms with van der Waals surface area (Å²) in [6.07, 6.45) is 3.05. The lowest BCUT2D eigenvalue weighted by atomic mass is 9.80. The van der Waals surface area contributed by atoms with Crippen LogP contribution in [0.15, 0.2) is 11.1 Å². The normalized spacial score (nSPS) is 32.4. The number of fused-ring (bicyclic) bond motifs is 1. The number of hydrogen-bond donors (Lipinski definition) is 0. The molecule has 0 radical (unpaired) electrons. The van der Waals surface area contributed by atoms with E-state index in [9.17, 15) is 9.59 Å². The summed E-state index contributed by atoms with van der Waals surface area (Å²) < 4.78 is 5.20. The zero-order chi connectivity index (χ0) is 14.4. The smallest absolute Gasteiger partial charge is 0.302 e. The van der Waals surface area contributed by atoms with Gasteiger partial charge in [-0.1, -0.05) is 20.8 Å². The van der Waals surface area contributed by atoms with Gasteiger partial charge in [-0.05, 0) is 54.1 Å². The first-order valence-corrected chi connectivity index (χ1v) is 7.02. The van der Waals surface area contributed by atoms with Crippen molar-refractivity contribution in [3.8, 4) is 0 Å². The second-order valence-corrected chi connectivity index (χ2v) is 7.16. The minimum Gasteiger partial charge on any atom is -0.461 e. The Labute approximate surface area is 115 Å². The van der Waals surface area contributed by atoms with Gasteiger partial charge in [-0.3, -0.25) is 9.59 Å². The lowest BCUT2D eigenvalue weighted by Gasteiger charge is -2.24. The largest absolute Gasteiger partial charge is 0.461 e. The quantitative estimate of drug-likeness (QED) is 0.735. The number of rotatable bonds is 3. The standard InChI is InChI=1S/C16H24O3/c1-10(17)13-8-15(3,4)6-12-7-16(12,5)14(13)9-19-11(2)18/h12H,6-9H2,1-5H3. The zero-order valence-electron chi connectivity index (χ0n) is 12.6. The second kappa shape index (κ2) is 4.46. The molecule has 0 aromatic carbocycles. The summed E-state index contributed by atoms with van der Waals surface area (Å²) in [5.74, 6) is 0.480. The monoisotopic (exact) mass is 264 g/mol. The molecule has 2 rings (SSSR count). The predicted molar refractivity (Wildman–Crippen MR) is 73.6 cm³/mol. The van der Waals surface area contributed by atoms with Crippen LogP contribution in [0.1, 0.15) is 53.9 Å². The summed E-state index contributed by atoms with van der Waals surface area (Å²) in [6, 6.07) is 0. The first-order valence-electron chi connectivity index (χ1n) is 7.02. The molecule has 0 bridgehead atoms. The van der Waals surface area contributed by atoms with Crippen molar-refractivity contribution in [3.05, 3.63) is 11.1 Å². The average Bonchev–Trinajstić information content (AvgIpc) is 2.86. The Bertz CT molecular complexity index is 459. The molecule has 0 N–H and O–H groups in total. The van der Waals surface area contributed by atoms with E-state index in [2.05, 4.69) is 20.8 Å². The fourth-order valence-corrected chi connectivity index (χ4v) is 3.55. The highest BCUT2D eigenvalue weighted by molar-refractivity contribution is 5.94. The van der Waals surface area contributed by atoms with E-state index >= 15 is 0 Å². The van der Waals surface area contributed by atoms with E-state index < -0.39 is 0 Å². The second-order valence-electron chi connectivity index (χ2n) is 7.16. The molecule has 2 aliphatic rings. The van der Waals surface area contributed by atoms with Crippen LogP contribution in [-0.4, -0.2) is 18.4 Å². The van der Waals surface area contributed by atoms with Gasteiger partial charge in [-0.25, -0.2) is 0 Å². The van der Waals surface area contributed by atoms with E-state index in [1.807, 2.05) is 0 Å². The van der Waals surface area contributed by atoms with Gasteiger partial charge in [0.2, 0.25) is 0 Å². The molecule has 19 heavy (non-hydrogen) atoms. The topological polar surface area (TPSA) is 43.4 Å². The Kier molecular flexibility index (Phi) is 3.36. The van der Waals surface area contributed by atoms with Crippen molar-refractivity contribution in [1.82, 2.24) is 0 Å². The van der Waals surface area contributed by atoms with Crippen molar-refractivity contribution in [1.29, 1.82) is 0 Å². The van der Waals surface area contributed by atoms with Gasteiger partial charge >= 0.3 is 5.97 Å². The number of Topliss-reactive ketones (excluding diaryl/α,β-unsaturated/α-hetero) is 1. The van der Waals surface area contributed by atoms with Crippen molar-refractivity contribution in [2.75, 3.05) is 6.61 Å². The molecule has 2 atom stereocenters. The molecule has 0 aromatic rings. The lowest BCUT2D eigenvalue weighted by Crippen LogP contribution is -2.18. The summed E-state index contributed by atoms with van der Waals surface area (Å²) >= 11 is 0. The maximum Gasteiger partial charge on any atom is 0.302 e. The van der Waals surface area contributed by atoms with Crippen LogP contribution in [0.5, 0.6) is 0 Å². The van der Waals surface area contributed by atoms with E-state index in [0.29, 0.717) is 5.92 Å². The van der Waals surface area contributed by atoms with Gasteiger partial charge in [0.05, 0.1) is 0 Å². The summed E-state index contributed by atoms with van der Waals surface area (Å²) in [6.45, 7) is 9.99. The predicted octanol–water partition coefficient (Wildman–Crippen LogP) is 3.28. The molecule has 0 spiro atoms. The Morgan fingerprint density at radius 1 is 1.21 bits per heavy atom. The Morgan fingerprint density at radius 3 is 2.37 bits per heavy atom. The molecule has 3 nitrogen and oxygen atoms in total. The third kappa shape index (κ3) is 2.75. The number of ether oxygens (including phenoxy) is 1. The molecule has 2 aliphatic carbocycles. The molecule has 0 heterocycles. The summed E-state index contributed by atoms with van der Waals surface area (Å²) in [5, 5.41) is 0. The molecule has 1 fully saturated rings. The van der Waals surface area contributed by atoms with Crippen LogP contribution in [-0.2, 0) is 14.3 Å². The highest BCUT2D eigenvalue weighted by Crippen LogP contribution is 2.64. The van der Waals surface area contributed by atoms with Crippen LogP contribution >= 0.6 is 0 Å². The number of carbonyl (C=O) groups is 2. The SMILES string of the molecule is CC(=O)OCC1=C(C(C)=O)CC(C)(C)CC2CC12C. The zero-order valence-corrected chi connectivity index (χ0v) is 12.6.